The number of dihydropyridines is 1. The predicted octanol–water partition coefficient (Wildman–Crippen LogP) is 3.85. The number of furan rings is 1. The minimum absolute atomic E-state index is 0.0152. The highest BCUT2D eigenvalue weighted by Gasteiger charge is 2.38. The molecule has 2 aromatic rings. The van der Waals surface area contributed by atoms with Crippen LogP contribution in [0.2, 0.25) is 0 Å². The lowest BCUT2D eigenvalue weighted by Gasteiger charge is -2.30. The quantitative estimate of drug-likeness (QED) is 0.393. The van der Waals surface area contributed by atoms with Crippen molar-refractivity contribution in [2.24, 2.45) is 0 Å². The monoisotopic (exact) mass is 438 g/mol. The number of hydrogen-bond acceptors (Lipinski definition) is 8. The lowest BCUT2D eigenvalue weighted by Crippen LogP contribution is -2.32. The van der Waals surface area contributed by atoms with E-state index < -0.39 is 22.8 Å². The van der Waals surface area contributed by atoms with Crippen molar-refractivity contribution < 1.29 is 28.4 Å². The molecule has 1 unspecified atom stereocenters. The Morgan fingerprint density at radius 2 is 1.91 bits per heavy atom. The van der Waals surface area contributed by atoms with Crippen molar-refractivity contribution in [2.45, 2.75) is 19.8 Å². The Morgan fingerprint density at radius 3 is 2.53 bits per heavy atom. The zero-order chi connectivity index (χ0) is 23.3. The lowest BCUT2D eigenvalue weighted by atomic mass is 9.80. The Balaban J connectivity index is 1.96. The summed E-state index contributed by atoms with van der Waals surface area (Å²) in [5.74, 6) is -2.20. The summed E-state index contributed by atoms with van der Waals surface area (Å²) < 4.78 is 15.3. The number of carbonyl (C=O) groups is 2. The molecule has 32 heavy (non-hydrogen) atoms. The number of hydrogen-bond donors (Lipinski definition) is 1. The number of non-ortho nitro benzene ring substituents is 1. The molecule has 0 saturated heterocycles. The average Bonchev–Trinajstić information content (AvgIpc) is 3.29. The molecule has 166 valence electrons. The van der Waals surface area contributed by atoms with Gasteiger partial charge in [0.25, 0.3) is 5.69 Å². The number of methoxy groups -OCH3 is 1. The smallest absolute Gasteiger partial charge is 0.337 e. The molecule has 0 radical (unpaired) electrons. The van der Waals surface area contributed by atoms with Gasteiger partial charge < -0.3 is 19.2 Å². The van der Waals surface area contributed by atoms with Crippen LogP contribution < -0.4 is 5.32 Å². The maximum Gasteiger partial charge on any atom is 0.337 e. The van der Waals surface area contributed by atoms with Crippen molar-refractivity contribution in [1.82, 2.24) is 5.32 Å². The van der Waals surface area contributed by atoms with Gasteiger partial charge in [0.1, 0.15) is 6.61 Å². The van der Waals surface area contributed by atoms with Gasteiger partial charge in [0, 0.05) is 29.1 Å². The van der Waals surface area contributed by atoms with Gasteiger partial charge in [0.05, 0.1) is 41.6 Å². The highest BCUT2D eigenvalue weighted by Crippen LogP contribution is 2.40. The number of rotatable bonds is 7. The second-order valence-electron chi connectivity index (χ2n) is 7.04. The fraction of sp³-hybridized carbons (Fsp3) is 0.217. The molecule has 1 aliphatic rings. The van der Waals surface area contributed by atoms with Crippen molar-refractivity contribution in [3.8, 4) is 0 Å². The predicted molar refractivity (Wildman–Crippen MR) is 115 cm³/mol. The van der Waals surface area contributed by atoms with Crippen LogP contribution in [-0.2, 0) is 19.1 Å². The fourth-order valence-corrected chi connectivity index (χ4v) is 3.55. The molecule has 2 heterocycles. The molecule has 1 aliphatic heterocycles. The van der Waals surface area contributed by atoms with Crippen molar-refractivity contribution in [2.75, 3.05) is 13.7 Å². The van der Waals surface area contributed by atoms with Crippen LogP contribution >= 0.6 is 0 Å². The summed E-state index contributed by atoms with van der Waals surface area (Å²) in [5.41, 5.74) is 2.39. The van der Waals surface area contributed by atoms with E-state index >= 15 is 0 Å². The standard InChI is InChI=1S/C23H22N2O7/c1-14-19(22(26)30-3)21(17-7-4-8-18(12-17)25(28)29)20(15(2)24-14)23(27)32-10-5-6-16-9-11-31-13-16/h4-9,11-13,21,24H,10H2,1-3H3/b6-5+. The minimum Gasteiger partial charge on any atom is -0.472 e. The number of ether oxygens (including phenoxy) is 2. The van der Waals surface area contributed by atoms with Crippen LogP contribution in [0.1, 0.15) is 30.9 Å². The first-order chi connectivity index (χ1) is 15.3. The van der Waals surface area contributed by atoms with E-state index in [9.17, 15) is 19.7 Å². The van der Waals surface area contributed by atoms with Gasteiger partial charge in [-0.3, -0.25) is 10.1 Å². The van der Waals surface area contributed by atoms with E-state index in [1.54, 1.807) is 44.4 Å². The molecule has 0 fully saturated rings. The Kier molecular flexibility index (Phi) is 6.89. The second-order valence-corrected chi connectivity index (χ2v) is 7.04. The molecule has 0 spiro atoms. The number of esters is 2. The van der Waals surface area contributed by atoms with E-state index in [2.05, 4.69) is 5.32 Å². The van der Waals surface area contributed by atoms with Gasteiger partial charge in [-0.25, -0.2) is 9.59 Å². The average molecular weight is 438 g/mol. The number of nitro benzene ring substituents is 1. The van der Waals surface area contributed by atoms with Gasteiger partial charge in [-0.05, 0) is 31.6 Å². The number of benzene rings is 1. The summed E-state index contributed by atoms with van der Waals surface area (Å²) in [6.07, 6.45) is 6.46. The largest absolute Gasteiger partial charge is 0.472 e. The van der Waals surface area contributed by atoms with Crippen LogP contribution in [0.3, 0.4) is 0 Å². The molecule has 3 rings (SSSR count). The summed E-state index contributed by atoms with van der Waals surface area (Å²) in [7, 11) is 1.23. The van der Waals surface area contributed by atoms with Crippen molar-refractivity contribution in [3.63, 3.8) is 0 Å². The van der Waals surface area contributed by atoms with E-state index in [1.165, 1.54) is 31.6 Å². The Hall–Kier alpha value is -4.14. The fourth-order valence-electron chi connectivity index (χ4n) is 3.55. The van der Waals surface area contributed by atoms with E-state index in [-0.39, 0.29) is 23.4 Å². The van der Waals surface area contributed by atoms with Crippen LogP contribution in [-0.4, -0.2) is 30.6 Å². The topological polar surface area (TPSA) is 121 Å². The number of nitrogens with one attached hydrogen (secondary N) is 1. The second kappa shape index (κ2) is 9.78. The lowest BCUT2D eigenvalue weighted by molar-refractivity contribution is -0.384. The van der Waals surface area contributed by atoms with E-state index in [0.717, 1.165) is 5.56 Å². The summed E-state index contributed by atoms with van der Waals surface area (Å²) in [4.78, 5) is 36.4. The zero-order valence-corrected chi connectivity index (χ0v) is 17.8. The van der Waals surface area contributed by atoms with Gasteiger partial charge in [0.15, 0.2) is 0 Å². The normalized spacial score (nSPS) is 16.2. The molecule has 1 N–H and O–H groups in total. The first-order valence-corrected chi connectivity index (χ1v) is 9.70. The SMILES string of the molecule is COC(=O)C1=C(C)NC(C)=C(C(=O)OC/C=C/c2ccoc2)C1c1cccc([N+](=O)[O-])c1. The molecule has 1 atom stereocenters. The molecule has 1 aromatic heterocycles. The molecule has 9 heteroatoms. The van der Waals surface area contributed by atoms with Gasteiger partial charge in [-0.15, -0.1) is 0 Å². The number of nitro groups is 1. The molecular weight excluding hydrogens is 416 g/mol. The number of carbonyl (C=O) groups excluding carboxylic acids is 2. The van der Waals surface area contributed by atoms with E-state index in [1.807, 2.05) is 0 Å². The Labute approximate surface area is 184 Å². The Bertz CT molecular complexity index is 1130. The van der Waals surface area contributed by atoms with Gasteiger partial charge in [-0.1, -0.05) is 18.2 Å². The maximum atomic E-state index is 13.1. The minimum atomic E-state index is -0.894. The van der Waals surface area contributed by atoms with Crippen LogP contribution in [0.15, 0.2) is 75.9 Å². The third-order valence-corrected chi connectivity index (χ3v) is 4.96. The third-order valence-electron chi connectivity index (χ3n) is 4.96. The first kappa shape index (κ1) is 22.5. The molecule has 0 aliphatic carbocycles. The summed E-state index contributed by atoms with van der Waals surface area (Å²) in [5, 5.41) is 14.3. The number of nitrogens with zero attached hydrogens (tertiary/aromatic N) is 1. The molecule has 0 amide bonds. The highest BCUT2D eigenvalue weighted by atomic mass is 16.6. The Morgan fingerprint density at radius 1 is 1.19 bits per heavy atom. The van der Waals surface area contributed by atoms with Gasteiger partial charge in [0.2, 0.25) is 0 Å². The molecular formula is C23H22N2O7. The van der Waals surface area contributed by atoms with Crippen LogP contribution in [0.5, 0.6) is 0 Å². The van der Waals surface area contributed by atoms with Gasteiger partial charge in [-0.2, -0.15) is 0 Å². The molecule has 9 nitrogen and oxygen atoms in total. The van der Waals surface area contributed by atoms with Crippen molar-refractivity contribution in [3.05, 3.63) is 92.7 Å². The summed E-state index contributed by atoms with van der Waals surface area (Å²) >= 11 is 0. The van der Waals surface area contributed by atoms with Gasteiger partial charge >= 0.3 is 11.9 Å². The number of allylic oxidation sites excluding steroid dienone is 2. The van der Waals surface area contributed by atoms with Crippen LogP contribution in [0.4, 0.5) is 5.69 Å². The van der Waals surface area contributed by atoms with Crippen molar-refractivity contribution in [1.29, 1.82) is 0 Å². The summed E-state index contributed by atoms with van der Waals surface area (Å²) in [6, 6.07) is 7.56. The van der Waals surface area contributed by atoms with E-state index in [0.29, 0.717) is 17.0 Å². The first-order valence-electron chi connectivity index (χ1n) is 9.70. The van der Waals surface area contributed by atoms with Crippen molar-refractivity contribution >= 4 is 23.7 Å². The van der Waals surface area contributed by atoms with E-state index in [4.69, 9.17) is 13.9 Å². The highest BCUT2D eigenvalue weighted by molar-refractivity contribution is 5.99. The van der Waals surface area contributed by atoms with Crippen LogP contribution in [0, 0.1) is 10.1 Å². The zero-order valence-electron chi connectivity index (χ0n) is 17.8. The molecule has 1 aromatic carbocycles. The molecule has 0 saturated carbocycles. The summed E-state index contributed by atoms with van der Waals surface area (Å²) in [6.45, 7) is 3.34. The molecule has 0 bridgehead atoms. The third kappa shape index (κ3) is 4.77. The maximum absolute atomic E-state index is 13.1. The van der Waals surface area contributed by atoms with Crippen LogP contribution in [0.25, 0.3) is 6.08 Å².